The molecule has 21 heavy (non-hydrogen) atoms. The fourth-order valence-corrected chi connectivity index (χ4v) is 4.70. The van der Waals surface area contributed by atoms with Crippen LogP contribution in [0.4, 0.5) is 11.4 Å². The smallest absolute Gasteiger partial charge is 0.261 e. The van der Waals surface area contributed by atoms with Gasteiger partial charge in [0, 0.05) is 14.6 Å². The summed E-state index contributed by atoms with van der Waals surface area (Å²) in [5, 5.41) is 0. The average molecular weight is 435 g/mol. The molecule has 5 nitrogen and oxygen atoms in total. The largest absolute Gasteiger partial charge is 0.324 e. The van der Waals surface area contributed by atoms with E-state index in [2.05, 4.69) is 42.0 Å². The Balaban J connectivity index is 2.37. The van der Waals surface area contributed by atoms with Gasteiger partial charge in [-0.1, -0.05) is 0 Å². The summed E-state index contributed by atoms with van der Waals surface area (Å²) in [6.07, 6.45) is 0. The van der Waals surface area contributed by atoms with Gasteiger partial charge in [-0.25, -0.2) is 8.42 Å². The Hall–Kier alpha value is -1.09. The van der Waals surface area contributed by atoms with E-state index in [1.54, 1.807) is 12.1 Å². The topological polar surface area (TPSA) is 84.2 Å². The molecular weight excluding hydrogens is 422 g/mol. The summed E-state index contributed by atoms with van der Waals surface area (Å²) in [6, 6.07) is 9.82. The van der Waals surface area contributed by atoms with Gasteiger partial charge in [-0.2, -0.15) is 0 Å². The minimum atomic E-state index is -3.67. The molecule has 2 rings (SSSR count). The highest BCUT2D eigenvalue weighted by Gasteiger charge is 2.17. The first-order chi connectivity index (χ1) is 9.83. The molecule has 0 fully saturated rings. The van der Waals surface area contributed by atoms with Crippen molar-refractivity contribution >= 4 is 53.3 Å². The number of rotatable bonds is 4. The minimum absolute atomic E-state index is 0.154. The molecule has 0 aliphatic heterocycles. The second kappa shape index (κ2) is 6.35. The summed E-state index contributed by atoms with van der Waals surface area (Å²) < 4.78 is 28.7. The summed E-state index contributed by atoms with van der Waals surface area (Å²) in [5.41, 5.74) is 4.55. The van der Waals surface area contributed by atoms with Crippen molar-refractivity contribution in [3.63, 3.8) is 0 Å². The predicted octanol–water partition coefficient (Wildman–Crippen LogP) is 3.61. The number of anilines is 2. The van der Waals surface area contributed by atoms with Crippen molar-refractivity contribution in [2.45, 2.75) is 11.8 Å². The molecule has 0 aliphatic rings. The summed E-state index contributed by atoms with van der Waals surface area (Å²) in [5.74, 6) is 5.26. The van der Waals surface area contributed by atoms with Crippen LogP contribution in [0.1, 0.15) is 5.56 Å². The first-order valence-electron chi connectivity index (χ1n) is 5.88. The second-order valence-electron chi connectivity index (χ2n) is 4.38. The zero-order valence-corrected chi connectivity index (χ0v) is 15.0. The average Bonchev–Trinajstić information content (AvgIpc) is 2.43. The van der Waals surface area contributed by atoms with Crippen molar-refractivity contribution in [3.05, 3.63) is 50.9 Å². The number of nitrogen functional groups attached to an aromatic ring is 1. The molecule has 0 aromatic heterocycles. The van der Waals surface area contributed by atoms with Gasteiger partial charge in [0.1, 0.15) is 0 Å². The number of nitrogens with one attached hydrogen (secondary N) is 2. The highest BCUT2D eigenvalue weighted by atomic mass is 79.9. The van der Waals surface area contributed by atoms with Crippen molar-refractivity contribution in [3.8, 4) is 0 Å². The fourth-order valence-electron chi connectivity index (χ4n) is 1.72. The molecule has 0 saturated carbocycles. The molecule has 112 valence electrons. The maximum atomic E-state index is 12.4. The molecule has 0 spiro atoms. The highest BCUT2D eigenvalue weighted by molar-refractivity contribution is 9.11. The molecule has 4 N–H and O–H groups in total. The Morgan fingerprint density at radius 1 is 1.05 bits per heavy atom. The van der Waals surface area contributed by atoms with Crippen molar-refractivity contribution in [1.82, 2.24) is 0 Å². The number of benzene rings is 2. The van der Waals surface area contributed by atoms with E-state index >= 15 is 0 Å². The molecule has 2 aromatic rings. The molecule has 0 amide bonds. The molecule has 0 saturated heterocycles. The quantitative estimate of drug-likeness (QED) is 0.506. The van der Waals surface area contributed by atoms with Gasteiger partial charge in [-0.3, -0.25) is 10.6 Å². The summed E-state index contributed by atoms with van der Waals surface area (Å²) in [4.78, 5) is 0.154. The number of halogens is 2. The van der Waals surface area contributed by atoms with Gasteiger partial charge in [-0.05, 0) is 80.7 Å². The van der Waals surface area contributed by atoms with Gasteiger partial charge in [0.2, 0.25) is 0 Å². The number of hydrogen-bond acceptors (Lipinski definition) is 4. The lowest BCUT2D eigenvalue weighted by molar-refractivity contribution is 0.601. The predicted molar refractivity (Wildman–Crippen MR) is 91.6 cm³/mol. The monoisotopic (exact) mass is 433 g/mol. The first kappa shape index (κ1) is 16.3. The highest BCUT2D eigenvalue weighted by Crippen LogP contribution is 2.34. The van der Waals surface area contributed by atoms with E-state index in [0.717, 1.165) is 5.56 Å². The van der Waals surface area contributed by atoms with E-state index in [1.807, 2.05) is 19.1 Å². The van der Waals surface area contributed by atoms with Crippen LogP contribution in [0.5, 0.6) is 0 Å². The van der Waals surface area contributed by atoms with Crippen LogP contribution < -0.4 is 16.0 Å². The minimum Gasteiger partial charge on any atom is -0.324 e. The van der Waals surface area contributed by atoms with Crippen molar-refractivity contribution in [1.29, 1.82) is 0 Å². The van der Waals surface area contributed by atoms with Crippen LogP contribution in [-0.2, 0) is 10.0 Å². The van der Waals surface area contributed by atoms with Crippen LogP contribution in [0.2, 0.25) is 0 Å². The van der Waals surface area contributed by atoms with E-state index in [1.165, 1.54) is 12.1 Å². The van der Waals surface area contributed by atoms with Crippen LogP contribution in [-0.4, -0.2) is 8.42 Å². The van der Waals surface area contributed by atoms with Crippen LogP contribution in [0.3, 0.4) is 0 Å². The maximum absolute atomic E-state index is 12.4. The maximum Gasteiger partial charge on any atom is 0.261 e. The Bertz CT molecular complexity index is 738. The van der Waals surface area contributed by atoms with E-state index < -0.39 is 10.0 Å². The van der Waals surface area contributed by atoms with Crippen LogP contribution in [0.25, 0.3) is 0 Å². The second-order valence-corrected chi connectivity index (χ2v) is 7.77. The molecule has 8 heteroatoms. The normalized spacial score (nSPS) is 11.2. The summed E-state index contributed by atoms with van der Waals surface area (Å²) in [7, 11) is -3.67. The number of aryl methyl sites for hydroxylation is 1. The van der Waals surface area contributed by atoms with Crippen LogP contribution in [0.15, 0.2) is 50.2 Å². The number of hydrazine groups is 1. The van der Waals surface area contributed by atoms with Crippen molar-refractivity contribution < 1.29 is 8.42 Å². The lowest BCUT2D eigenvalue weighted by atomic mass is 10.2. The molecule has 0 heterocycles. The Morgan fingerprint density at radius 3 is 2.05 bits per heavy atom. The molecule has 0 atom stereocenters. The van der Waals surface area contributed by atoms with Crippen molar-refractivity contribution in [2.24, 2.45) is 5.84 Å². The van der Waals surface area contributed by atoms with Crippen molar-refractivity contribution in [2.75, 3.05) is 10.1 Å². The lowest BCUT2D eigenvalue weighted by Gasteiger charge is -2.13. The number of sulfonamides is 1. The van der Waals surface area contributed by atoms with E-state index in [9.17, 15) is 8.42 Å². The lowest BCUT2D eigenvalue weighted by Crippen LogP contribution is -2.14. The molecule has 0 radical (unpaired) electrons. The van der Waals surface area contributed by atoms with Gasteiger partial charge in [0.15, 0.2) is 0 Å². The standard InChI is InChI=1S/C13H13Br2N3O2S/c1-8-6-11(14)13(12(15)7-8)18-21(19,20)10-4-2-9(17-16)3-5-10/h2-7,17-18H,16H2,1H3. The summed E-state index contributed by atoms with van der Waals surface area (Å²) >= 11 is 6.72. The summed E-state index contributed by atoms with van der Waals surface area (Å²) in [6.45, 7) is 1.92. The van der Waals surface area contributed by atoms with Gasteiger partial charge in [0.25, 0.3) is 10.0 Å². The number of nitrogens with two attached hydrogens (primary N) is 1. The molecular formula is C13H13Br2N3O2S. The molecule has 2 aromatic carbocycles. The molecule has 0 unspecified atom stereocenters. The zero-order chi connectivity index (χ0) is 15.6. The van der Waals surface area contributed by atoms with E-state index in [4.69, 9.17) is 5.84 Å². The van der Waals surface area contributed by atoms with E-state index in [0.29, 0.717) is 20.3 Å². The third kappa shape index (κ3) is 3.76. The van der Waals surface area contributed by atoms with Gasteiger partial charge < -0.3 is 5.43 Å². The Kier molecular flexibility index (Phi) is 4.92. The van der Waals surface area contributed by atoms with Gasteiger partial charge >= 0.3 is 0 Å². The van der Waals surface area contributed by atoms with Crippen LogP contribution >= 0.6 is 31.9 Å². The van der Waals surface area contributed by atoms with Crippen LogP contribution in [0, 0.1) is 6.92 Å². The van der Waals surface area contributed by atoms with Gasteiger partial charge in [-0.15, -0.1) is 0 Å². The third-order valence-corrected chi connectivity index (χ3v) is 5.37. The van der Waals surface area contributed by atoms with Gasteiger partial charge in [0.05, 0.1) is 10.6 Å². The Labute approximate surface area is 140 Å². The third-order valence-electron chi connectivity index (χ3n) is 2.75. The molecule has 0 bridgehead atoms. The molecule has 0 aliphatic carbocycles. The number of hydrogen-bond donors (Lipinski definition) is 3. The Morgan fingerprint density at radius 2 is 1.57 bits per heavy atom. The first-order valence-corrected chi connectivity index (χ1v) is 8.95. The fraction of sp³-hybridized carbons (Fsp3) is 0.0769. The SMILES string of the molecule is Cc1cc(Br)c(NS(=O)(=O)c2ccc(NN)cc2)c(Br)c1. The van der Waals surface area contributed by atoms with E-state index in [-0.39, 0.29) is 4.90 Å². The zero-order valence-electron chi connectivity index (χ0n) is 11.0.